The molecule has 222 valence electrons. The second-order valence-corrected chi connectivity index (χ2v) is 12.8. The maximum absolute atomic E-state index is 6.67. The van der Waals surface area contributed by atoms with E-state index in [0.29, 0.717) is 0 Å². The van der Waals surface area contributed by atoms with Gasteiger partial charge in [0.15, 0.2) is 0 Å². The Labute approximate surface area is 275 Å². The molecule has 0 bridgehead atoms. The van der Waals surface area contributed by atoms with Gasteiger partial charge in [-0.25, -0.2) is 0 Å². The van der Waals surface area contributed by atoms with Crippen LogP contribution in [0.3, 0.4) is 0 Å². The van der Waals surface area contributed by atoms with Crippen molar-refractivity contribution in [3.63, 3.8) is 0 Å². The molecule has 2 nitrogen and oxygen atoms in total. The van der Waals surface area contributed by atoms with Crippen molar-refractivity contribution in [3.05, 3.63) is 158 Å². The minimum absolute atomic E-state index is 0.904. The normalized spacial score (nSPS) is 12.2. The highest BCUT2D eigenvalue weighted by atomic mass is 16.3. The quantitative estimate of drug-likeness (QED) is 0.144. The van der Waals surface area contributed by atoms with E-state index in [1.165, 1.54) is 65.3 Å². The fraction of sp³-hybridized carbons (Fsp3) is 0. The molecule has 2 aromatic heterocycles. The number of furan rings is 2. The van der Waals surface area contributed by atoms with Crippen LogP contribution in [-0.4, -0.2) is 0 Å². The van der Waals surface area contributed by atoms with Crippen molar-refractivity contribution in [2.75, 3.05) is 0 Å². The van der Waals surface area contributed by atoms with Crippen LogP contribution in [0.5, 0.6) is 0 Å². The summed E-state index contributed by atoms with van der Waals surface area (Å²) in [6.07, 6.45) is 0. The van der Waals surface area contributed by atoms with Crippen LogP contribution in [0.1, 0.15) is 0 Å². The molecular weight excluding hydrogens is 585 g/mol. The van der Waals surface area contributed by atoms with Crippen molar-refractivity contribution in [2.24, 2.45) is 0 Å². The summed E-state index contributed by atoms with van der Waals surface area (Å²) in [5, 5.41) is 14.3. The largest absolute Gasteiger partial charge is 0.456 e. The lowest BCUT2D eigenvalue weighted by molar-refractivity contribution is 0.669. The van der Waals surface area contributed by atoms with Crippen LogP contribution in [0.15, 0.2) is 167 Å². The van der Waals surface area contributed by atoms with E-state index in [0.717, 1.165) is 43.9 Å². The van der Waals surface area contributed by atoms with Gasteiger partial charge in [0.05, 0.1) is 0 Å². The summed E-state index contributed by atoms with van der Waals surface area (Å²) in [5.41, 5.74) is 8.51. The number of para-hydroxylation sites is 1. The second kappa shape index (κ2) is 9.57. The Bertz CT molecular complexity index is 3060. The van der Waals surface area contributed by atoms with Gasteiger partial charge in [0.1, 0.15) is 22.3 Å². The molecule has 9 aromatic carbocycles. The van der Waals surface area contributed by atoms with Crippen LogP contribution >= 0.6 is 0 Å². The van der Waals surface area contributed by atoms with Crippen LogP contribution in [0.2, 0.25) is 0 Å². The van der Waals surface area contributed by atoms with Crippen LogP contribution in [-0.2, 0) is 0 Å². The van der Waals surface area contributed by atoms with E-state index in [1.54, 1.807) is 0 Å². The monoisotopic (exact) mass is 610 g/mol. The predicted octanol–water partition coefficient (Wildman–Crippen LogP) is 13.4. The van der Waals surface area contributed by atoms with Crippen molar-refractivity contribution in [3.8, 4) is 22.3 Å². The number of fused-ring (bicyclic) bond motifs is 13. The van der Waals surface area contributed by atoms with E-state index in [-0.39, 0.29) is 0 Å². The molecule has 0 spiro atoms. The van der Waals surface area contributed by atoms with Gasteiger partial charge in [0, 0.05) is 26.9 Å². The van der Waals surface area contributed by atoms with Gasteiger partial charge in [0.25, 0.3) is 0 Å². The molecule has 48 heavy (non-hydrogen) atoms. The molecule has 11 aromatic rings. The van der Waals surface area contributed by atoms with Crippen molar-refractivity contribution >= 4 is 87.0 Å². The van der Waals surface area contributed by atoms with Crippen molar-refractivity contribution < 1.29 is 8.83 Å². The lowest BCUT2D eigenvalue weighted by Gasteiger charge is -2.18. The third-order valence-corrected chi connectivity index (χ3v) is 10.2. The molecule has 2 heteroatoms. The van der Waals surface area contributed by atoms with Gasteiger partial charge in [-0.3, -0.25) is 0 Å². The number of hydrogen-bond acceptors (Lipinski definition) is 2. The first kappa shape index (κ1) is 25.8. The van der Waals surface area contributed by atoms with Crippen molar-refractivity contribution in [1.29, 1.82) is 0 Å². The molecule has 2 heterocycles. The lowest BCUT2D eigenvalue weighted by atomic mass is 9.85. The van der Waals surface area contributed by atoms with E-state index in [1.807, 2.05) is 12.1 Å². The average Bonchev–Trinajstić information content (AvgIpc) is 3.72. The van der Waals surface area contributed by atoms with Gasteiger partial charge in [-0.1, -0.05) is 127 Å². The van der Waals surface area contributed by atoms with Crippen LogP contribution in [0.25, 0.3) is 109 Å². The molecule has 0 N–H and O–H groups in total. The van der Waals surface area contributed by atoms with Crippen molar-refractivity contribution in [1.82, 2.24) is 0 Å². The summed E-state index contributed by atoms with van der Waals surface area (Å²) >= 11 is 0. The fourth-order valence-electron chi connectivity index (χ4n) is 8.19. The molecule has 0 amide bonds. The maximum atomic E-state index is 6.67. The Morgan fingerprint density at radius 2 is 0.688 bits per heavy atom. The standard InChI is InChI=1S/C46H26O2/c1-3-14-32-29(11-1)30-12-2-8-19-37(30)46-45(32)39-26-28(22-24-42(39)48-46)44-35-17-6-4-15-33(35)43(34-16-5-7-18-36(34)44)27-21-23-41-38(25-27)31-13-9-10-20-40(31)47-41/h1-26H. The highest BCUT2D eigenvalue weighted by Crippen LogP contribution is 2.47. The molecule has 0 saturated carbocycles. The Morgan fingerprint density at radius 3 is 1.29 bits per heavy atom. The van der Waals surface area contributed by atoms with Crippen LogP contribution in [0.4, 0.5) is 0 Å². The van der Waals surface area contributed by atoms with Gasteiger partial charge in [-0.05, 0) is 90.3 Å². The summed E-state index contributed by atoms with van der Waals surface area (Å²) in [6, 6.07) is 56.6. The van der Waals surface area contributed by atoms with Gasteiger partial charge in [0.2, 0.25) is 0 Å². The minimum Gasteiger partial charge on any atom is -0.456 e. The molecule has 0 saturated heterocycles. The first-order valence-corrected chi connectivity index (χ1v) is 16.4. The SMILES string of the molecule is c1ccc2c(c1)oc1ccc(-c3c4ccccc4c(-c4ccc5oc6c7ccccc7c7ccccc7c6c5c4)c4ccccc34)cc12. The van der Waals surface area contributed by atoms with E-state index in [4.69, 9.17) is 8.83 Å². The summed E-state index contributed by atoms with van der Waals surface area (Å²) in [6.45, 7) is 0. The highest BCUT2D eigenvalue weighted by molar-refractivity contribution is 6.31. The summed E-state index contributed by atoms with van der Waals surface area (Å²) in [7, 11) is 0. The number of benzene rings is 9. The number of rotatable bonds is 2. The Hall–Kier alpha value is -6.38. The zero-order chi connectivity index (χ0) is 31.3. The molecule has 0 radical (unpaired) electrons. The van der Waals surface area contributed by atoms with Gasteiger partial charge in [-0.15, -0.1) is 0 Å². The molecule has 0 aliphatic carbocycles. The molecule has 0 aliphatic heterocycles. The van der Waals surface area contributed by atoms with E-state index < -0.39 is 0 Å². The van der Waals surface area contributed by atoms with Crippen molar-refractivity contribution in [2.45, 2.75) is 0 Å². The van der Waals surface area contributed by atoms with Gasteiger partial charge < -0.3 is 8.83 Å². The molecule has 11 rings (SSSR count). The first-order valence-electron chi connectivity index (χ1n) is 16.4. The fourth-order valence-corrected chi connectivity index (χ4v) is 8.19. The summed E-state index contributed by atoms with van der Waals surface area (Å²) < 4.78 is 12.9. The molecule has 0 atom stereocenters. The zero-order valence-corrected chi connectivity index (χ0v) is 25.8. The Kier molecular flexibility index (Phi) is 5.14. The Balaban J connectivity index is 1.23. The summed E-state index contributed by atoms with van der Waals surface area (Å²) in [4.78, 5) is 0. The molecular formula is C46H26O2. The van der Waals surface area contributed by atoms with Crippen LogP contribution in [0, 0.1) is 0 Å². The van der Waals surface area contributed by atoms with E-state index in [9.17, 15) is 0 Å². The van der Waals surface area contributed by atoms with Crippen LogP contribution < -0.4 is 0 Å². The Morgan fingerprint density at radius 1 is 0.271 bits per heavy atom. The average molecular weight is 611 g/mol. The maximum Gasteiger partial charge on any atom is 0.143 e. The van der Waals surface area contributed by atoms with Gasteiger partial charge in [-0.2, -0.15) is 0 Å². The third-order valence-electron chi connectivity index (χ3n) is 10.2. The minimum atomic E-state index is 0.904. The number of hydrogen-bond donors (Lipinski definition) is 0. The van der Waals surface area contributed by atoms with E-state index in [2.05, 4.69) is 146 Å². The first-order chi connectivity index (χ1) is 23.8. The lowest BCUT2D eigenvalue weighted by Crippen LogP contribution is -1.90. The smallest absolute Gasteiger partial charge is 0.143 e. The highest BCUT2D eigenvalue weighted by Gasteiger charge is 2.20. The topological polar surface area (TPSA) is 26.3 Å². The molecule has 0 aliphatic rings. The van der Waals surface area contributed by atoms with Gasteiger partial charge >= 0.3 is 0 Å². The van der Waals surface area contributed by atoms with E-state index >= 15 is 0 Å². The third kappa shape index (κ3) is 3.46. The second-order valence-electron chi connectivity index (χ2n) is 12.8. The summed E-state index contributed by atoms with van der Waals surface area (Å²) in [5.74, 6) is 0. The predicted molar refractivity (Wildman–Crippen MR) is 202 cm³/mol. The molecule has 0 fully saturated rings. The zero-order valence-electron chi connectivity index (χ0n) is 25.8. The molecule has 0 unspecified atom stereocenters.